The number of carbonyl (C=O) groups excluding carboxylic acids is 1. The third-order valence-corrected chi connectivity index (χ3v) is 5.66. The number of ether oxygens (including phenoxy) is 1. The summed E-state index contributed by atoms with van der Waals surface area (Å²) >= 11 is 1.34. The quantitative estimate of drug-likeness (QED) is 0.339. The minimum Gasteiger partial charge on any atom is -0.384 e. The Morgan fingerprint density at radius 3 is 2.52 bits per heavy atom. The molecule has 0 aliphatic heterocycles. The molecule has 0 aromatic heterocycles. The van der Waals surface area contributed by atoms with Crippen molar-refractivity contribution in [3.8, 4) is 0 Å². The van der Waals surface area contributed by atoms with Gasteiger partial charge in [0, 0.05) is 13.7 Å². The largest absolute Gasteiger partial charge is 0.384 e. The average Bonchev–Trinajstić information content (AvgIpc) is 2.77. The molecule has 0 radical (unpaired) electrons. The van der Waals surface area contributed by atoms with Gasteiger partial charge in [-0.05, 0) is 49.5 Å². The van der Waals surface area contributed by atoms with Crippen molar-refractivity contribution >= 4 is 28.5 Å². The molecule has 1 aromatic carbocycles. The van der Waals surface area contributed by atoms with Crippen LogP contribution in [0.1, 0.15) is 64.0 Å². The van der Waals surface area contributed by atoms with E-state index < -0.39 is 0 Å². The average molecular weight is 450 g/mol. The van der Waals surface area contributed by atoms with E-state index in [2.05, 4.69) is 37.7 Å². The van der Waals surface area contributed by atoms with E-state index in [4.69, 9.17) is 10.5 Å². The van der Waals surface area contributed by atoms with Gasteiger partial charge in [0.05, 0.1) is 12.2 Å². The van der Waals surface area contributed by atoms with Gasteiger partial charge in [-0.2, -0.15) is 0 Å². The fourth-order valence-electron chi connectivity index (χ4n) is 2.99. The number of nitrogens with one attached hydrogen (secondary N) is 1. The van der Waals surface area contributed by atoms with Crippen LogP contribution in [0.3, 0.4) is 0 Å². The molecule has 0 spiro atoms. The number of benzene rings is 1. The van der Waals surface area contributed by atoms with E-state index in [-0.39, 0.29) is 12.5 Å². The highest BCUT2D eigenvalue weighted by atomic mass is 32.2. The zero-order valence-electron chi connectivity index (χ0n) is 20.4. The molecule has 1 aromatic rings. The molecule has 1 amide bonds. The van der Waals surface area contributed by atoms with E-state index in [1.165, 1.54) is 43.9 Å². The van der Waals surface area contributed by atoms with Gasteiger partial charge in [0.1, 0.15) is 0 Å². The summed E-state index contributed by atoms with van der Waals surface area (Å²) in [6.45, 7) is 13.7. The molecule has 2 unspecified atom stereocenters. The Bertz CT molecular complexity index is 670. The Hall–Kier alpha value is -1.63. The molecular weight excluding hydrogens is 406 g/mol. The number of nitrogens with zero attached hydrogens (tertiary/aromatic N) is 1. The number of thioether (sulfide) groups is 1. The van der Waals surface area contributed by atoms with E-state index in [0.29, 0.717) is 10.9 Å². The molecule has 0 heterocycles. The van der Waals surface area contributed by atoms with Gasteiger partial charge < -0.3 is 15.8 Å². The molecule has 0 bridgehead atoms. The van der Waals surface area contributed by atoms with Gasteiger partial charge in [-0.25, -0.2) is 4.99 Å². The maximum atomic E-state index is 11.2. The summed E-state index contributed by atoms with van der Waals surface area (Å²) in [5, 5.41) is 3.12. The first kappa shape index (κ1) is 29.4. The summed E-state index contributed by atoms with van der Waals surface area (Å²) in [7, 11) is 1.81. The van der Waals surface area contributed by atoms with Crippen molar-refractivity contribution in [1.82, 2.24) is 5.32 Å². The highest BCUT2D eigenvalue weighted by molar-refractivity contribution is 8.13. The molecule has 0 fully saturated rings. The number of amidine groups is 1. The van der Waals surface area contributed by atoms with E-state index in [1.807, 2.05) is 44.6 Å². The highest BCUT2D eigenvalue weighted by Gasteiger charge is 2.09. The molecule has 2 atom stereocenters. The fourth-order valence-corrected chi connectivity index (χ4v) is 3.40. The summed E-state index contributed by atoms with van der Waals surface area (Å²) in [4.78, 5) is 15.5. The van der Waals surface area contributed by atoms with E-state index in [9.17, 15) is 4.79 Å². The van der Waals surface area contributed by atoms with Gasteiger partial charge in [0.15, 0.2) is 5.17 Å². The number of hydrogen-bond donors (Lipinski definition) is 2. The molecular formula is C25H43N3O2S. The van der Waals surface area contributed by atoms with Crippen molar-refractivity contribution in [3.63, 3.8) is 0 Å². The lowest BCUT2D eigenvalue weighted by Crippen LogP contribution is -2.33. The van der Waals surface area contributed by atoms with Crippen molar-refractivity contribution in [3.05, 3.63) is 42.0 Å². The predicted octanol–water partition coefficient (Wildman–Crippen LogP) is 5.64. The number of amides is 1. The predicted molar refractivity (Wildman–Crippen MR) is 137 cm³/mol. The normalized spacial score (nSPS) is 13.1. The zero-order valence-corrected chi connectivity index (χ0v) is 21.2. The lowest BCUT2D eigenvalue weighted by molar-refractivity contribution is -0.118. The first-order chi connectivity index (χ1) is 14.8. The van der Waals surface area contributed by atoms with Crippen LogP contribution in [-0.4, -0.2) is 37.6 Å². The Balaban J connectivity index is 0.000000615. The second-order valence-electron chi connectivity index (χ2n) is 7.89. The van der Waals surface area contributed by atoms with Crippen LogP contribution < -0.4 is 11.1 Å². The summed E-state index contributed by atoms with van der Waals surface area (Å²) < 4.78 is 5.22. The Labute approximate surface area is 194 Å². The van der Waals surface area contributed by atoms with Crippen LogP contribution in [0.4, 0.5) is 0 Å². The SMILES string of the molecule is C=C(N=C(NC(=O)CN)SC)c1cccc(C)c1.CCCC(CCC(C)CC)COC. The number of rotatable bonds is 11. The smallest absolute Gasteiger partial charge is 0.239 e. The number of methoxy groups -OCH3 is 1. The topological polar surface area (TPSA) is 76.7 Å². The minimum absolute atomic E-state index is 0.0590. The van der Waals surface area contributed by atoms with E-state index in [1.54, 1.807) is 0 Å². The van der Waals surface area contributed by atoms with Crippen LogP contribution in [0.25, 0.3) is 5.70 Å². The molecule has 0 aliphatic rings. The Morgan fingerprint density at radius 2 is 2.00 bits per heavy atom. The van der Waals surface area contributed by atoms with E-state index in [0.717, 1.165) is 29.6 Å². The van der Waals surface area contributed by atoms with Crippen LogP contribution in [0.15, 0.2) is 35.8 Å². The van der Waals surface area contributed by atoms with Gasteiger partial charge >= 0.3 is 0 Å². The van der Waals surface area contributed by atoms with Crippen molar-refractivity contribution in [1.29, 1.82) is 0 Å². The lowest BCUT2D eigenvalue weighted by Gasteiger charge is -2.17. The van der Waals surface area contributed by atoms with Crippen molar-refractivity contribution in [2.45, 2.75) is 59.8 Å². The van der Waals surface area contributed by atoms with Crippen molar-refractivity contribution in [2.75, 3.05) is 26.5 Å². The first-order valence-electron chi connectivity index (χ1n) is 11.2. The fraction of sp³-hybridized carbons (Fsp3) is 0.600. The van der Waals surface area contributed by atoms with Gasteiger partial charge in [-0.3, -0.25) is 4.79 Å². The standard InChI is InChI=1S/C13H17N3OS.C12H26O/c1-9-5-4-6-11(7-9)10(2)15-13(18-3)16-12(17)8-14;1-5-7-12(10-13-4)9-8-11(3)6-2/h4-7H,2,8,14H2,1,3H3,(H,15,16,17);11-12H,5-10H2,1-4H3. The number of carbonyl (C=O) groups is 1. The van der Waals surface area contributed by atoms with Crippen LogP contribution in [0.5, 0.6) is 0 Å². The monoisotopic (exact) mass is 449 g/mol. The lowest BCUT2D eigenvalue weighted by atomic mass is 9.93. The molecule has 176 valence electrons. The second-order valence-corrected chi connectivity index (χ2v) is 8.69. The Morgan fingerprint density at radius 1 is 1.29 bits per heavy atom. The van der Waals surface area contributed by atoms with Gasteiger partial charge in [-0.1, -0.05) is 82.1 Å². The number of hydrogen-bond acceptors (Lipinski definition) is 5. The number of aryl methyl sites for hydroxylation is 1. The van der Waals surface area contributed by atoms with Crippen LogP contribution in [0, 0.1) is 18.8 Å². The molecule has 0 saturated carbocycles. The second kappa shape index (κ2) is 18.0. The first-order valence-corrected chi connectivity index (χ1v) is 12.4. The molecule has 0 aliphatic carbocycles. The maximum Gasteiger partial charge on any atom is 0.239 e. The van der Waals surface area contributed by atoms with Gasteiger partial charge in [0.25, 0.3) is 0 Å². The number of aliphatic imine (C=N–C) groups is 1. The molecule has 31 heavy (non-hydrogen) atoms. The summed E-state index contributed by atoms with van der Waals surface area (Å²) in [6, 6.07) is 7.88. The minimum atomic E-state index is -0.264. The zero-order chi connectivity index (χ0) is 23.6. The van der Waals surface area contributed by atoms with Gasteiger partial charge in [-0.15, -0.1) is 0 Å². The van der Waals surface area contributed by atoms with Crippen LogP contribution in [-0.2, 0) is 9.53 Å². The molecule has 5 nitrogen and oxygen atoms in total. The third kappa shape index (κ3) is 14.1. The van der Waals surface area contributed by atoms with Crippen molar-refractivity contribution < 1.29 is 9.53 Å². The molecule has 0 saturated heterocycles. The number of nitrogens with two attached hydrogens (primary N) is 1. The molecule has 3 N–H and O–H groups in total. The van der Waals surface area contributed by atoms with Crippen LogP contribution in [0.2, 0.25) is 0 Å². The van der Waals surface area contributed by atoms with Crippen LogP contribution >= 0.6 is 11.8 Å². The van der Waals surface area contributed by atoms with E-state index >= 15 is 0 Å². The molecule has 1 rings (SSSR count). The maximum absolute atomic E-state index is 11.2. The van der Waals surface area contributed by atoms with Crippen molar-refractivity contribution in [2.24, 2.45) is 22.6 Å². The highest BCUT2D eigenvalue weighted by Crippen LogP contribution is 2.19. The third-order valence-electron chi connectivity index (χ3n) is 5.08. The van der Waals surface area contributed by atoms with Gasteiger partial charge in [0.2, 0.25) is 5.91 Å². The summed E-state index contributed by atoms with van der Waals surface area (Å²) in [6.07, 6.45) is 8.46. The summed E-state index contributed by atoms with van der Waals surface area (Å²) in [5.41, 5.74) is 7.92. The summed E-state index contributed by atoms with van der Waals surface area (Å²) in [5.74, 6) is 1.42. The molecule has 6 heteroatoms. The Kier molecular flexibility index (Phi) is 17.0.